The van der Waals surface area contributed by atoms with Crippen LogP contribution in [0.5, 0.6) is 0 Å². The molecule has 0 saturated carbocycles. The van der Waals surface area contributed by atoms with Gasteiger partial charge in [0, 0.05) is 17.4 Å². The zero-order valence-corrected chi connectivity index (χ0v) is 10.0. The molecule has 5 nitrogen and oxygen atoms in total. The van der Waals surface area contributed by atoms with Gasteiger partial charge in [-0.15, -0.1) is 0 Å². The van der Waals surface area contributed by atoms with E-state index in [0.29, 0.717) is 0 Å². The summed E-state index contributed by atoms with van der Waals surface area (Å²) in [6.07, 6.45) is -4.42. The summed E-state index contributed by atoms with van der Waals surface area (Å²) in [6, 6.07) is 5.79. The molecule has 0 bridgehead atoms. The average molecular weight is 285 g/mol. The summed E-state index contributed by atoms with van der Waals surface area (Å²) in [5.74, 6) is 0. The molecule has 106 valence electrons. The normalized spacial score (nSPS) is 11.3. The number of H-pyrrole nitrogens is 2. The molecule has 0 aliphatic carbocycles. The maximum absolute atomic E-state index is 12.5. The fourth-order valence-electron chi connectivity index (χ4n) is 1.62. The van der Waals surface area contributed by atoms with Gasteiger partial charge in [0.2, 0.25) is 0 Å². The third-order valence-corrected chi connectivity index (χ3v) is 2.49. The molecule has 0 aliphatic heterocycles. The summed E-state index contributed by atoms with van der Waals surface area (Å²) in [6.45, 7) is 0.0282. The molecule has 0 atom stereocenters. The minimum atomic E-state index is -4.42. The van der Waals surface area contributed by atoms with E-state index in [1.165, 1.54) is 12.1 Å². The number of hydrogen-bond donors (Lipinski definition) is 3. The quantitative estimate of drug-likeness (QED) is 0.803. The van der Waals surface area contributed by atoms with Gasteiger partial charge in [0.05, 0.1) is 12.1 Å². The molecular formula is C12H10F3N3O2. The van der Waals surface area contributed by atoms with Crippen LogP contribution in [-0.4, -0.2) is 9.97 Å². The van der Waals surface area contributed by atoms with Crippen molar-refractivity contribution in [3.63, 3.8) is 0 Å². The topological polar surface area (TPSA) is 77.8 Å². The van der Waals surface area contributed by atoms with Crippen molar-refractivity contribution in [1.82, 2.24) is 9.97 Å². The molecule has 0 aliphatic rings. The lowest BCUT2D eigenvalue weighted by Gasteiger charge is -2.10. The van der Waals surface area contributed by atoms with Crippen molar-refractivity contribution in [2.45, 2.75) is 12.7 Å². The van der Waals surface area contributed by atoms with E-state index in [-0.39, 0.29) is 17.9 Å². The van der Waals surface area contributed by atoms with Crippen molar-refractivity contribution in [1.29, 1.82) is 0 Å². The second-order valence-corrected chi connectivity index (χ2v) is 4.05. The van der Waals surface area contributed by atoms with Gasteiger partial charge >= 0.3 is 11.9 Å². The van der Waals surface area contributed by atoms with E-state index in [0.717, 1.165) is 18.2 Å². The number of aromatic nitrogens is 2. The molecule has 1 heterocycles. The van der Waals surface area contributed by atoms with Gasteiger partial charge in [-0.05, 0) is 18.2 Å². The van der Waals surface area contributed by atoms with Crippen molar-refractivity contribution in [2.75, 3.05) is 5.32 Å². The highest BCUT2D eigenvalue weighted by molar-refractivity contribution is 5.46. The fraction of sp³-hybridized carbons (Fsp3) is 0.167. The SMILES string of the molecule is O=c1cc(CNc2cccc(C(F)(F)F)c2)[nH]c(=O)[nH]1. The van der Waals surface area contributed by atoms with E-state index in [9.17, 15) is 22.8 Å². The Balaban J connectivity index is 2.15. The smallest absolute Gasteiger partial charge is 0.379 e. The Bertz CT molecular complexity index is 690. The van der Waals surface area contributed by atoms with Crippen LogP contribution in [-0.2, 0) is 12.7 Å². The highest BCUT2D eigenvalue weighted by atomic mass is 19.4. The molecule has 8 heteroatoms. The van der Waals surface area contributed by atoms with E-state index in [2.05, 4.69) is 10.3 Å². The Morgan fingerprint density at radius 3 is 2.50 bits per heavy atom. The first-order chi connectivity index (χ1) is 9.34. The predicted octanol–water partition coefficient (Wildman–Crippen LogP) is 1.69. The Morgan fingerprint density at radius 1 is 1.10 bits per heavy atom. The van der Waals surface area contributed by atoms with Crippen LogP contribution in [0, 0.1) is 0 Å². The van der Waals surface area contributed by atoms with Crippen LogP contribution in [0.3, 0.4) is 0 Å². The minimum absolute atomic E-state index is 0.0282. The Kier molecular flexibility index (Phi) is 3.64. The number of anilines is 1. The highest BCUT2D eigenvalue weighted by Gasteiger charge is 2.30. The maximum atomic E-state index is 12.5. The molecule has 2 aromatic rings. The van der Waals surface area contributed by atoms with E-state index in [4.69, 9.17) is 0 Å². The lowest BCUT2D eigenvalue weighted by molar-refractivity contribution is -0.137. The predicted molar refractivity (Wildman–Crippen MR) is 66.5 cm³/mol. The van der Waals surface area contributed by atoms with Gasteiger partial charge in [0.15, 0.2) is 0 Å². The Labute approximate surface area is 110 Å². The van der Waals surface area contributed by atoms with Gasteiger partial charge in [0.1, 0.15) is 0 Å². The number of nitrogens with one attached hydrogen (secondary N) is 3. The van der Waals surface area contributed by atoms with Gasteiger partial charge in [0.25, 0.3) is 5.56 Å². The number of aromatic amines is 2. The monoisotopic (exact) mass is 285 g/mol. The number of rotatable bonds is 3. The molecule has 0 fully saturated rings. The van der Waals surface area contributed by atoms with Crippen LogP contribution in [0.2, 0.25) is 0 Å². The van der Waals surface area contributed by atoms with Crippen molar-refractivity contribution in [3.8, 4) is 0 Å². The molecular weight excluding hydrogens is 275 g/mol. The molecule has 0 radical (unpaired) electrons. The van der Waals surface area contributed by atoms with Crippen LogP contribution < -0.4 is 16.6 Å². The van der Waals surface area contributed by atoms with Gasteiger partial charge < -0.3 is 10.3 Å². The first kappa shape index (κ1) is 13.9. The number of hydrogen-bond acceptors (Lipinski definition) is 3. The molecule has 2 rings (SSSR count). The minimum Gasteiger partial charge on any atom is -0.379 e. The van der Waals surface area contributed by atoms with E-state index in [1.807, 2.05) is 4.98 Å². The summed E-state index contributed by atoms with van der Waals surface area (Å²) in [5.41, 5.74) is -1.51. The van der Waals surface area contributed by atoms with Crippen LogP contribution >= 0.6 is 0 Å². The third kappa shape index (κ3) is 3.50. The third-order valence-electron chi connectivity index (χ3n) is 2.49. The van der Waals surface area contributed by atoms with E-state index in [1.54, 1.807) is 0 Å². The van der Waals surface area contributed by atoms with Gasteiger partial charge in [-0.2, -0.15) is 13.2 Å². The largest absolute Gasteiger partial charge is 0.416 e. The fourth-order valence-corrected chi connectivity index (χ4v) is 1.62. The zero-order valence-electron chi connectivity index (χ0n) is 10.0. The van der Waals surface area contributed by atoms with E-state index < -0.39 is 23.0 Å². The van der Waals surface area contributed by atoms with Gasteiger partial charge in [-0.1, -0.05) is 6.07 Å². The average Bonchev–Trinajstić information content (AvgIpc) is 2.35. The second kappa shape index (κ2) is 5.24. The summed E-state index contributed by atoms with van der Waals surface area (Å²) in [7, 11) is 0. The molecule has 0 saturated heterocycles. The van der Waals surface area contributed by atoms with Crippen molar-refractivity contribution in [2.24, 2.45) is 0 Å². The standard InChI is InChI=1S/C12H10F3N3O2/c13-12(14,15)7-2-1-3-8(4-7)16-6-9-5-10(19)18-11(20)17-9/h1-5,16H,6H2,(H2,17,18,19,20). The van der Waals surface area contributed by atoms with Crippen molar-refractivity contribution in [3.05, 3.63) is 62.4 Å². The summed E-state index contributed by atoms with van der Waals surface area (Å²) in [5, 5.41) is 2.70. The first-order valence-electron chi connectivity index (χ1n) is 5.58. The highest BCUT2D eigenvalue weighted by Crippen LogP contribution is 2.30. The maximum Gasteiger partial charge on any atom is 0.416 e. The summed E-state index contributed by atoms with van der Waals surface area (Å²) < 4.78 is 37.5. The molecule has 0 spiro atoms. The van der Waals surface area contributed by atoms with Crippen LogP contribution in [0.1, 0.15) is 11.3 Å². The van der Waals surface area contributed by atoms with Crippen LogP contribution in [0.15, 0.2) is 39.9 Å². The molecule has 20 heavy (non-hydrogen) atoms. The number of benzene rings is 1. The first-order valence-corrected chi connectivity index (χ1v) is 5.58. The van der Waals surface area contributed by atoms with E-state index >= 15 is 0 Å². The van der Waals surface area contributed by atoms with Crippen LogP contribution in [0.4, 0.5) is 18.9 Å². The summed E-state index contributed by atoms with van der Waals surface area (Å²) >= 11 is 0. The molecule has 3 N–H and O–H groups in total. The molecule has 1 aromatic carbocycles. The second-order valence-electron chi connectivity index (χ2n) is 4.05. The van der Waals surface area contributed by atoms with Crippen molar-refractivity contribution < 1.29 is 13.2 Å². The zero-order chi connectivity index (χ0) is 14.8. The van der Waals surface area contributed by atoms with Crippen molar-refractivity contribution >= 4 is 5.69 Å². The Hall–Kier alpha value is -2.51. The van der Waals surface area contributed by atoms with Gasteiger partial charge in [-0.25, -0.2) is 4.79 Å². The summed E-state index contributed by atoms with van der Waals surface area (Å²) in [4.78, 5) is 26.4. The molecule has 1 aromatic heterocycles. The lowest BCUT2D eigenvalue weighted by Crippen LogP contribution is -2.23. The number of alkyl halides is 3. The van der Waals surface area contributed by atoms with Crippen LogP contribution in [0.25, 0.3) is 0 Å². The lowest BCUT2D eigenvalue weighted by atomic mass is 10.2. The number of halogens is 3. The molecule has 0 unspecified atom stereocenters. The Morgan fingerprint density at radius 2 is 1.85 bits per heavy atom. The molecule has 0 amide bonds. The van der Waals surface area contributed by atoms with Gasteiger partial charge in [-0.3, -0.25) is 9.78 Å².